The first-order chi connectivity index (χ1) is 15.6. The molecule has 8 nitrogen and oxygen atoms in total. The van der Waals surface area contributed by atoms with Crippen molar-refractivity contribution in [2.24, 2.45) is 0 Å². The first-order valence-corrected chi connectivity index (χ1v) is 10.4. The summed E-state index contributed by atoms with van der Waals surface area (Å²) in [5.74, 6) is 0.966. The first kappa shape index (κ1) is 20.0. The van der Waals surface area contributed by atoms with Crippen molar-refractivity contribution in [3.8, 4) is 11.3 Å². The lowest BCUT2D eigenvalue weighted by atomic mass is 10.1. The number of halogens is 1. The molecule has 0 bridgehead atoms. The molecule has 5 aromatic rings. The second-order valence-electron chi connectivity index (χ2n) is 7.35. The molecule has 1 aromatic carbocycles. The lowest BCUT2D eigenvalue weighted by molar-refractivity contribution is -0.116. The number of furan rings is 1. The number of aromatic nitrogens is 5. The maximum absolute atomic E-state index is 12.7. The van der Waals surface area contributed by atoms with E-state index < -0.39 is 0 Å². The highest BCUT2D eigenvalue weighted by Gasteiger charge is 2.17. The topological polar surface area (TPSA) is 90.8 Å². The molecule has 1 amide bonds. The van der Waals surface area contributed by atoms with Crippen molar-refractivity contribution in [2.75, 3.05) is 5.32 Å². The SMILES string of the molecule is Cc1nn(CC(=O)Nc2ccn(Cc3ccc(Cl)cc3)n2)c2nccc(-c3ccco3)c12. The summed E-state index contributed by atoms with van der Waals surface area (Å²) in [4.78, 5) is 17.1. The van der Waals surface area contributed by atoms with Crippen molar-refractivity contribution < 1.29 is 9.21 Å². The van der Waals surface area contributed by atoms with Crippen LogP contribution in [-0.4, -0.2) is 30.5 Å². The molecule has 0 aliphatic heterocycles. The van der Waals surface area contributed by atoms with Crippen molar-refractivity contribution in [3.63, 3.8) is 0 Å². The predicted molar refractivity (Wildman–Crippen MR) is 121 cm³/mol. The molecule has 9 heteroatoms. The summed E-state index contributed by atoms with van der Waals surface area (Å²) < 4.78 is 8.89. The minimum atomic E-state index is -0.239. The van der Waals surface area contributed by atoms with E-state index in [9.17, 15) is 4.79 Å². The Kier molecular flexibility index (Phi) is 5.20. The molecule has 0 saturated heterocycles. The minimum absolute atomic E-state index is 0.0169. The van der Waals surface area contributed by atoms with Gasteiger partial charge in [0.05, 0.1) is 23.9 Å². The zero-order valence-corrected chi connectivity index (χ0v) is 18.0. The first-order valence-electron chi connectivity index (χ1n) is 10.0. The zero-order chi connectivity index (χ0) is 22.1. The van der Waals surface area contributed by atoms with Gasteiger partial charge < -0.3 is 9.73 Å². The van der Waals surface area contributed by atoms with Crippen molar-refractivity contribution >= 4 is 34.4 Å². The highest BCUT2D eigenvalue weighted by molar-refractivity contribution is 6.30. The van der Waals surface area contributed by atoms with Gasteiger partial charge in [0.2, 0.25) is 5.91 Å². The van der Waals surface area contributed by atoms with Crippen LogP contribution in [0.4, 0.5) is 5.82 Å². The highest BCUT2D eigenvalue weighted by atomic mass is 35.5. The van der Waals surface area contributed by atoms with Gasteiger partial charge >= 0.3 is 0 Å². The van der Waals surface area contributed by atoms with Gasteiger partial charge in [-0.2, -0.15) is 10.2 Å². The molecule has 0 unspecified atom stereocenters. The maximum Gasteiger partial charge on any atom is 0.247 e. The van der Waals surface area contributed by atoms with Gasteiger partial charge in [-0.3, -0.25) is 9.48 Å². The van der Waals surface area contributed by atoms with E-state index in [4.69, 9.17) is 16.0 Å². The summed E-state index contributed by atoms with van der Waals surface area (Å²) in [6.07, 6.45) is 5.13. The van der Waals surface area contributed by atoms with Gasteiger partial charge in [-0.15, -0.1) is 0 Å². The Bertz CT molecular complexity index is 1390. The molecule has 0 saturated carbocycles. The lowest BCUT2D eigenvalue weighted by Crippen LogP contribution is -2.20. The van der Waals surface area contributed by atoms with Crippen LogP contribution in [0, 0.1) is 6.92 Å². The summed E-state index contributed by atoms with van der Waals surface area (Å²) >= 11 is 5.93. The van der Waals surface area contributed by atoms with Gasteiger partial charge in [0.1, 0.15) is 12.3 Å². The van der Waals surface area contributed by atoms with Gasteiger partial charge in [0.25, 0.3) is 0 Å². The molecule has 0 radical (unpaired) electrons. The number of hydrogen-bond acceptors (Lipinski definition) is 5. The molecular formula is C23H19ClN6O2. The van der Waals surface area contributed by atoms with Crippen LogP contribution in [0.25, 0.3) is 22.4 Å². The van der Waals surface area contributed by atoms with Gasteiger partial charge in [0, 0.05) is 29.0 Å². The van der Waals surface area contributed by atoms with Crippen LogP contribution in [0.1, 0.15) is 11.3 Å². The molecule has 32 heavy (non-hydrogen) atoms. The van der Waals surface area contributed by atoms with Crippen LogP contribution in [0.3, 0.4) is 0 Å². The monoisotopic (exact) mass is 446 g/mol. The number of pyridine rings is 1. The standard InChI is InChI=1S/C23H19ClN6O2/c1-15-22-18(19-3-2-12-32-19)8-10-25-23(22)30(27-15)14-21(31)26-20-9-11-29(28-20)13-16-4-6-17(24)7-5-16/h2-12H,13-14H2,1H3,(H,26,28,31). The zero-order valence-electron chi connectivity index (χ0n) is 17.2. The third kappa shape index (κ3) is 4.00. The van der Waals surface area contributed by atoms with Crippen molar-refractivity contribution in [1.82, 2.24) is 24.5 Å². The number of nitrogens with zero attached hydrogens (tertiary/aromatic N) is 5. The van der Waals surface area contributed by atoms with Crippen LogP contribution < -0.4 is 5.32 Å². The largest absolute Gasteiger partial charge is 0.464 e. The van der Waals surface area contributed by atoms with E-state index >= 15 is 0 Å². The summed E-state index contributed by atoms with van der Waals surface area (Å²) in [5.41, 5.74) is 3.36. The van der Waals surface area contributed by atoms with Crippen molar-refractivity contribution in [1.29, 1.82) is 0 Å². The number of nitrogens with one attached hydrogen (secondary N) is 1. The van der Waals surface area contributed by atoms with Gasteiger partial charge in [-0.05, 0) is 42.8 Å². The average molecular weight is 447 g/mol. The number of rotatable bonds is 6. The number of aryl methyl sites for hydroxylation is 1. The van der Waals surface area contributed by atoms with Gasteiger partial charge in [-0.25, -0.2) is 9.67 Å². The molecule has 0 fully saturated rings. The Hall–Kier alpha value is -3.91. The number of carbonyl (C=O) groups is 1. The minimum Gasteiger partial charge on any atom is -0.464 e. The summed E-state index contributed by atoms with van der Waals surface area (Å²) in [6, 6.07) is 14.9. The number of anilines is 1. The normalized spacial score (nSPS) is 11.2. The molecule has 0 spiro atoms. The quantitative estimate of drug-likeness (QED) is 0.413. The number of fused-ring (bicyclic) bond motifs is 1. The number of carbonyl (C=O) groups excluding carboxylic acids is 1. The third-order valence-electron chi connectivity index (χ3n) is 5.05. The molecule has 4 aromatic heterocycles. The number of amides is 1. The smallest absolute Gasteiger partial charge is 0.247 e. The van der Waals surface area contributed by atoms with E-state index in [-0.39, 0.29) is 12.5 Å². The van der Waals surface area contributed by atoms with E-state index in [2.05, 4.69) is 20.5 Å². The van der Waals surface area contributed by atoms with Crippen molar-refractivity contribution in [2.45, 2.75) is 20.0 Å². The number of hydrogen-bond donors (Lipinski definition) is 1. The van der Waals surface area contributed by atoms with Crippen LogP contribution in [-0.2, 0) is 17.9 Å². The molecular weight excluding hydrogens is 428 g/mol. The van der Waals surface area contributed by atoms with Crippen LogP contribution >= 0.6 is 11.6 Å². The molecule has 4 heterocycles. The lowest BCUT2D eigenvalue weighted by Gasteiger charge is -2.05. The molecule has 0 aliphatic carbocycles. The fraction of sp³-hybridized carbons (Fsp3) is 0.130. The summed E-state index contributed by atoms with van der Waals surface area (Å²) in [5, 5.41) is 13.3. The fourth-order valence-electron chi connectivity index (χ4n) is 3.64. The van der Waals surface area contributed by atoms with E-state index in [1.165, 1.54) is 0 Å². The Labute approximate surface area is 188 Å². The highest BCUT2D eigenvalue weighted by Crippen LogP contribution is 2.30. The Morgan fingerprint density at radius 3 is 2.75 bits per heavy atom. The van der Waals surface area contributed by atoms with Crippen LogP contribution in [0.5, 0.6) is 0 Å². The van der Waals surface area contributed by atoms with Gasteiger partial charge in [-0.1, -0.05) is 23.7 Å². The van der Waals surface area contributed by atoms with E-state index in [1.54, 1.807) is 27.9 Å². The Balaban J connectivity index is 1.31. The predicted octanol–water partition coefficient (Wildman–Crippen LogP) is 4.54. The summed E-state index contributed by atoms with van der Waals surface area (Å²) in [7, 11) is 0. The fourth-order valence-corrected chi connectivity index (χ4v) is 3.77. The third-order valence-corrected chi connectivity index (χ3v) is 5.31. The number of benzene rings is 1. The second-order valence-corrected chi connectivity index (χ2v) is 7.79. The van der Waals surface area contributed by atoms with E-state index in [1.807, 2.05) is 55.6 Å². The molecule has 0 aliphatic rings. The summed E-state index contributed by atoms with van der Waals surface area (Å²) in [6.45, 7) is 2.49. The Morgan fingerprint density at radius 1 is 1.12 bits per heavy atom. The molecule has 0 atom stereocenters. The van der Waals surface area contributed by atoms with Crippen molar-refractivity contribution in [3.05, 3.63) is 83.5 Å². The molecule has 5 rings (SSSR count). The van der Waals surface area contributed by atoms with Gasteiger partial charge in [0.15, 0.2) is 11.5 Å². The van der Waals surface area contributed by atoms with Crippen LogP contribution in [0.15, 0.2) is 71.6 Å². The average Bonchev–Trinajstić information content (AvgIpc) is 3.52. The maximum atomic E-state index is 12.7. The Morgan fingerprint density at radius 2 is 1.97 bits per heavy atom. The van der Waals surface area contributed by atoms with Crippen LogP contribution in [0.2, 0.25) is 5.02 Å². The van der Waals surface area contributed by atoms with E-state index in [0.29, 0.717) is 23.0 Å². The molecule has 160 valence electrons. The molecule has 1 N–H and O–H groups in total. The second kappa shape index (κ2) is 8.32. The van der Waals surface area contributed by atoms with E-state index in [0.717, 1.165) is 28.0 Å².